The highest BCUT2D eigenvalue weighted by molar-refractivity contribution is 5.65. The number of rotatable bonds is 4. The van der Waals surface area contributed by atoms with Gasteiger partial charge in [0, 0.05) is 11.6 Å². The summed E-state index contributed by atoms with van der Waals surface area (Å²) < 4.78 is 0. The molecule has 2 rings (SSSR count). The van der Waals surface area contributed by atoms with Crippen molar-refractivity contribution >= 4 is 0 Å². The van der Waals surface area contributed by atoms with Crippen LogP contribution in [0.15, 0.2) is 48.5 Å². The number of hydrogen-bond donors (Lipinski definition) is 2. The van der Waals surface area contributed by atoms with Gasteiger partial charge < -0.3 is 10.8 Å². The highest BCUT2D eigenvalue weighted by atomic mass is 16.3. The molecule has 2 aromatic carbocycles. The summed E-state index contributed by atoms with van der Waals surface area (Å²) in [5.74, 6) is 0.794. The Morgan fingerprint density at radius 1 is 1.00 bits per heavy atom. The molecule has 0 bridgehead atoms. The van der Waals surface area contributed by atoms with Gasteiger partial charge in [-0.15, -0.1) is 0 Å². The fourth-order valence-corrected chi connectivity index (χ4v) is 2.30. The van der Waals surface area contributed by atoms with Gasteiger partial charge in [-0.25, -0.2) is 0 Å². The van der Waals surface area contributed by atoms with E-state index < -0.39 is 0 Å². The van der Waals surface area contributed by atoms with E-state index in [4.69, 9.17) is 5.73 Å². The van der Waals surface area contributed by atoms with Crippen LogP contribution in [-0.4, -0.2) is 5.11 Å². The largest absolute Gasteiger partial charge is 0.508 e. The van der Waals surface area contributed by atoms with Crippen LogP contribution in [0.5, 0.6) is 5.75 Å². The first-order chi connectivity index (χ1) is 9.08. The number of phenolic OH excluding ortho intramolecular Hbond substituents is 1. The zero-order valence-electron chi connectivity index (χ0n) is 11.5. The predicted octanol–water partition coefficient (Wildman–Crippen LogP) is 4.11. The second-order valence-corrected chi connectivity index (χ2v) is 5.38. The smallest absolute Gasteiger partial charge is 0.120 e. The van der Waals surface area contributed by atoms with Crippen LogP contribution in [0.4, 0.5) is 0 Å². The molecular formula is C17H21NO. The molecule has 0 fully saturated rings. The van der Waals surface area contributed by atoms with Crippen LogP contribution in [-0.2, 0) is 0 Å². The van der Waals surface area contributed by atoms with E-state index in [1.165, 1.54) is 0 Å². The summed E-state index contributed by atoms with van der Waals surface area (Å²) in [5.41, 5.74) is 9.24. The minimum absolute atomic E-state index is 0.122. The van der Waals surface area contributed by atoms with Crippen molar-refractivity contribution < 1.29 is 5.11 Å². The van der Waals surface area contributed by atoms with Gasteiger partial charge in [0.25, 0.3) is 0 Å². The third kappa shape index (κ3) is 3.36. The molecule has 0 saturated carbocycles. The molecule has 0 aliphatic heterocycles. The van der Waals surface area contributed by atoms with Crippen LogP contribution >= 0.6 is 0 Å². The Morgan fingerprint density at radius 2 is 1.68 bits per heavy atom. The normalized spacial score (nSPS) is 12.6. The maximum absolute atomic E-state index is 9.99. The predicted molar refractivity (Wildman–Crippen MR) is 79.9 cm³/mol. The Hall–Kier alpha value is -1.80. The van der Waals surface area contributed by atoms with Gasteiger partial charge in [0.1, 0.15) is 5.75 Å². The van der Waals surface area contributed by atoms with Crippen molar-refractivity contribution in [3.8, 4) is 16.9 Å². The number of nitrogens with two attached hydrogens (primary N) is 1. The second kappa shape index (κ2) is 5.89. The summed E-state index contributed by atoms with van der Waals surface area (Å²) in [5, 5.41) is 9.99. The lowest BCUT2D eigenvalue weighted by Gasteiger charge is -2.17. The maximum atomic E-state index is 9.99. The average molecular weight is 255 g/mol. The van der Waals surface area contributed by atoms with E-state index in [-0.39, 0.29) is 11.8 Å². The Labute approximate surface area is 114 Å². The molecule has 2 nitrogen and oxygen atoms in total. The van der Waals surface area contributed by atoms with Crippen LogP contribution < -0.4 is 5.73 Å². The van der Waals surface area contributed by atoms with Crippen LogP contribution in [0, 0.1) is 5.92 Å². The van der Waals surface area contributed by atoms with Gasteiger partial charge in [0.05, 0.1) is 0 Å². The molecule has 1 unspecified atom stereocenters. The third-order valence-corrected chi connectivity index (χ3v) is 3.26. The van der Waals surface area contributed by atoms with Crippen LogP contribution in [0.25, 0.3) is 11.1 Å². The van der Waals surface area contributed by atoms with E-state index in [0.29, 0.717) is 5.92 Å². The Bertz CT molecular complexity index is 534. The molecule has 2 aromatic rings. The van der Waals surface area contributed by atoms with Crippen molar-refractivity contribution in [3.63, 3.8) is 0 Å². The van der Waals surface area contributed by atoms with Gasteiger partial charge in [-0.1, -0.05) is 50.2 Å². The Kier molecular flexibility index (Phi) is 4.23. The lowest BCUT2D eigenvalue weighted by atomic mass is 9.94. The molecular weight excluding hydrogens is 234 g/mol. The van der Waals surface area contributed by atoms with Gasteiger partial charge >= 0.3 is 0 Å². The van der Waals surface area contributed by atoms with Crippen molar-refractivity contribution in [2.45, 2.75) is 26.3 Å². The molecule has 0 heterocycles. The molecule has 19 heavy (non-hydrogen) atoms. The number of benzene rings is 2. The van der Waals surface area contributed by atoms with E-state index in [9.17, 15) is 5.11 Å². The zero-order chi connectivity index (χ0) is 13.8. The van der Waals surface area contributed by atoms with Crippen molar-refractivity contribution in [1.29, 1.82) is 0 Å². The first-order valence-electron chi connectivity index (χ1n) is 6.72. The first-order valence-corrected chi connectivity index (χ1v) is 6.72. The highest BCUT2D eigenvalue weighted by Crippen LogP contribution is 2.31. The van der Waals surface area contributed by atoms with Crippen molar-refractivity contribution in [2.75, 3.05) is 0 Å². The summed E-state index contributed by atoms with van der Waals surface area (Å²) in [6.07, 6.45) is 0.867. The Balaban J connectivity index is 2.35. The molecule has 1 atom stereocenters. The molecule has 100 valence electrons. The summed E-state index contributed by atoms with van der Waals surface area (Å²) in [6.45, 7) is 4.27. The summed E-state index contributed by atoms with van der Waals surface area (Å²) in [4.78, 5) is 0. The minimum Gasteiger partial charge on any atom is -0.508 e. The first kappa shape index (κ1) is 13.6. The van der Waals surface area contributed by atoms with Crippen LogP contribution in [0.1, 0.15) is 31.9 Å². The monoisotopic (exact) mass is 255 g/mol. The quantitative estimate of drug-likeness (QED) is 0.863. The number of aromatic hydroxyl groups is 1. The van der Waals surface area contributed by atoms with Crippen LogP contribution in [0.3, 0.4) is 0 Å². The lowest BCUT2D eigenvalue weighted by molar-refractivity contribution is 0.445. The van der Waals surface area contributed by atoms with Gasteiger partial charge in [0.2, 0.25) is 0 Å². The number of phenols is 1. The molecule has 0 aromatic heterocycles. The summed E-state index contributed by atoms with van der Waals surface area (Å²) in [7, 11) is 0. The average Bonchev–Trinajstić information content (AvgIpc) is 2.39. The topological polar surface area (TPSA) is 46.2 Å². The fraction of sp³-hybridized carbons (Fsp3) is 0.294. The molecule has 0 amide bonds. The van der Waals surface area contributed by atoms with E-state index in [2.05, 4.69) is 26.0 Å². The van der Waals surface area contributed by atoms with E-state index in [1.807, 2.05) is 30.3 Å². The van der Waals surface area contributed by atoms with Crippen LogP contribution in [0.2, 0.25) is 0 Å². The van der Waals surface area contributed by atoms with E-state index in [0.717, 1.165) is 23.1 Å². The standard InChI is InChI=1S/C17H21NO/c1-12(2)10-16(18)15-11-14(8-9-17(15)19)13-6-4-3-5-7-13/h3-9,11-12,16,19H,10,18H2,1-2H3. The molecule has 0 spiro atoms. The minimum atomic E-state index is -0.122. The number of hydrogen-bond acceptors (Lipinski definition) is 2. The molecule has 0 radical (unpaired) electrons. The molecule has 2 heteroatoms. The summed E-state index contributed by atoms with van der Waals surface area (Å²) in [6, 6.07) is 15.7. The summed E-state index contributed by atoms with van der Waals surface area (Å²) >= 11 is 0. The van der Waals surface area contributed by atoms with E-state index >= 15 is 0 Å². The van der Waals surface area contributed by atoms with Crippen molar-refractivity contribution in [3.05, 3.63) is 54.1 Å². The van der Waals surface area contributed by atoms with Crippen molar-refractivity contribution in [1.82, 2.24) is 0 Å². The molecule has 3 N–H and O–H groups in total. The SMILES string of the molecule is CC(C)CC(N)c1cc(-c2ccccc2)ccc1O. The third-order valence-electron chi connectivity index (χ3n) is 3.26. The highest BCUT2D eigenvalue weighted by Gasteiger charge is 2.13. The lowest BCUT2D eigenvalue weighted by Crippen LogP contribution is -2.13. The zero-order valence-corrected chi connectivity index (χ0v) is 11.5. The Morgan fingerprint density at radius 3 is 2.32 bits per heavy atom. The van der Waals surface area contributed by atoms with Crippen molar-refractivity contribution in [2.24, 2.45) is 11.7 Å². The molecule has 0 aliphatic rings. The fourth-order valence-electron chi connectivity index (χ4n) is 2.30. The van der Waals surface area contributed by atoms with Gasteiger partial charge in [-0.3, -0.25) is 0 Å². The maximum Gasteiger partial charge on any atom is 0.120 e. The molecule has 0 saturated heterocycles. The van der Waals surface area contributed by atoms with Gasteiger partial charge in [0.15, 0.2) is 0 Å². The van der Waals surface area contributed by atoms with E-state index in [1.54, 1.807) is 6.07 Å². The van der Waals surface area contributed by atoms with Gasteiger partial charge in [-0.05, 0) is 35.6 Å². The second-order valence-electron chi connectivity index (χ2n) is 5.38. The molecule has 0 aliphatic carbocycles. The van der Waals surface area contributed by atoms with Gasteiger partial charge in [-0.2, -0.15) is 0 Å².